The van der Waals surface area contributed by atoms with Gasteiger partial charge in [-0.05, 0) is 43.5 Å². The normalized spacial score (nSPS) is 12.7. The second-order valence-electron chi connectivity index (χ2n) is 4.22. The van der Waals surface area contributed by atoms with Crippen molar-refractivity contribution in [2.24, 2.45) is 0 Å². The summed E-state index contributed by atoms with van der Waals surface area (Å²) in [6.45, 7) is 6.34. The van der Waals surface area contributed by atoms with Crippen LogP contribution >= 0.6 is 0 Å². The van der Waals surface area contributed by atoms with Gasteiger partial charge in [0.05, 0.1) is 12.2 Å². The van der Waals surface area contributed by atoms with Crippen LogP contribution in [0.4, 0.5) is 5.82 Å². The van der Waals surface area contributed by atoms with Crippen LogP contribution in [0.3, 0.4) is 0 Å². The van der Waals surface area contributed by atoms with E-state index in [4.69, 9.17) is 5.73 Å². The van der Waals surface area contributed by atoms with Crippen molar-refractivity contribution in [3.05, 3.63) is 47.2 Å². The third-order valence-corrected chi connectivity index (χ3v) is 3.08. The lowest BCUT2D eigenvalue weighted by Gasteiger charge is -2.15. The first kappa shape index (κ1) is 10.7. The van der Waals surface area contributed by atoms with Crippen molar-refractivity contribution in [2.75, 3.05) is 5.73 Å². The Labute approximate surface area is 95.9 Å². The Bertz CT molecular complexity index is 500. The fraction of sp³-hybridized carbons (Fsp3) is 0.308. The maximum Gasteiger partial charge on any atom is 0.122 e. The topological polar surface area (TPSA) is 43.8 Å². The molecule has 0 fully saturated rings. The molecule has 1 heterocycles. The predicted octanol–water partition coefficient (Wildman–Crippen LogP) is 2.69. The number of rotatable bonds is 2. The van der Waals surface area contributed by atoms with Crippen LogP contribution in [0.25, 0.3) is 0 Å². The number of nitrogens with zero attached hydrogens (tertiary/aromatic N) is 2. The molecular formula is C13H17N3. The molecule has 84 valence electrons. The first-order valence-electron chi connectivity index (χ1n) is 5.45. The molecule has 0 aliphatic carbocycles. The molecule has 1 atom stereocenters. The fourth-order valence-electron chi connectivity index (χ4n) is 1.81. The van der Waals surface area contributed by atoms with Gasteiger partial charge in [0.1, 0.15) is 5.82 Å². The highest BCUT2D eigenvalue weighted by atomic mass is 15.3. The summed E-state index contributed by atoms with van der Waals surface area (Å²) < 4.78 is 1.84. The standard InChI is InChI=1S/C13H17N3/c1-9-4-5-12(8-10(9)2)11(3)16-13(14)6-7-15-16/h4-8,11H,14H2,1-3H3. The minimum Gasteiger partial charge on any atom is -0.384 e. The summed E-state index contributed by atoms with van der Waals surface area (Å²) in [6, 6.07) is 8.46. The van der Waals surface area contributed by atoms with Crippen molar-refractivity contribution in [1.29, 1.82) is 0 Å². The lowest BCUT2D eigenvalue weighted by Crippen LogP contribution is -2.11. The van der Waals surface area contributed by atoms with E-state index in [9.17, 15) is 0 Å². The molecule has 2 N–H and O–H groups in total. The first-order valence-corrected chi connectivity index (χ1v) is 5.45. The monoisotopic (exact) mass is 215 g/mol. The quantitative estimate of drug-likeness (QED) is 0.837. The van der Waals surface area contributed by atoms with Gasteiger partial charge < -0.3 is 5.73 Å². The predicted molar refractivity (Wildman–Crippen MR) is 66.4 cm³/mol. The van der Waals surface area contributed by atoms with E-state index in [0.717, 1.165) is 0 Å². The van der Waals surface area contributed by atoms with Gasteiger partial charge in [0.25, 0.3) is 0 Å². The SMILES string of the molecule is Cc1ccc(C(C)n2nccc2N)cc1C. The Hall–Kier alpha value is -1.77. The van der Waals surface area contributed by atoms with Crippen LogP contribution < -0.4 is 5.73 Å². The number of aryl methyl sites for hydroxylation is 2. The average Bonchev–Trinajstić information content (AvgIpc) is 2.67. The molecule has 16 heavy (non-hydrogen) atoms. The number of hydrogen-bond acceptors (Lipinski definition) is 2. The molecule has 1 aromatic heterocycles. The first-order chi connectivity index (χ1) is 7.59. The van der Waals surface area contributed by atoms with E-state index in [1.165, 1.54) is 16.7 Å². The smallest absolute Gasteiger partial charge is 0.122 e. The molecule has 0 spiro atoms. The third-order valence-electron chi connectivity index (χ3n) is 3.08. The number of nitrogen functional groups attached to an aromatic ring is 1. The van der Waals surface area contributed by atoms with Gasteiger partial charge >= 0.3 is 0 Å². The Morgan fingerprint density at radius 3 is 2.50 bits per heavy atom. The van der Waals surface area contributed by atoms with Gasteiger partial charge in [0.15, 0.2) is 0 Å². The minimum absolute atomic E-state index is 0.175. The van der Waals surface area contributed by atoms with Gasteiger partial charge in [-0.25, -0.2) is 4.68 Å². The van der Waals surface area contributed by atoms with Gasteiger partial charge in [-0.3, -0.25) is 0 Å². The van der Waals surface area contributed by atoms with Crippen LogP contribution in [0.5, 0.6) is 0 Å². The summed E-state index contributed by atoms with van der Waals surface area (Å²) in [5.74, 6) is 0.700. The molecule has 3 nitrogen and oxygen atoms in total. The van der Waals surface area contributed by atoms with Crippen molar-refractivity contribution < 1.29 is 0 Å². The molecule has 0 radical (unpaired) electrons. The van der Waals surface area contributed by atoms with Gasteiger partial charge in [-0.15, -0.1) is 0 Å². The van der Waals surface area contributed by atoms with Crippen LogP contribution in [0.2, 0.25) is 0 Å². The molecule has 0 bridgehead atoms. The average molecular weight is 215 g/mol. The highest BCUT2D eigenvalue weighted by Crippen LogP contribution is 2.22. The van der Waals surface area contributed by atoms with Crippen LogP contribution in [0.15, 0.2) is 30.5 Å². The number of anilines is 1. The summed E-state index contributed by atoms with van der Waals surface area (Å²) in [6.07, 6.45) is 1.73. The summed E-state index contributed by atoms with van der Waals surface area (Å²) in [5, 5.41) is 4.24. The third kappa shape index (κ3) is 1.81. The molecular weight excluding hydrogens is 198 g/mol. The zero-order valence-electron chi connectivity index (χ0n) is 9.94. The molecule has 2 rings (SSSR count). The van der Waals surface area contributed by atoms with Crippen LogP contribution in [-0.2, 0) is 0 Å². The highest BCUT2D eigenvalue weighted by Gasteiger charge is 2.11. The van der Waals surface area contributed by atoms with E-state index >= 15 is 0 Å². The lowest BCUT2D eigenvalue weighted by atomic mass is 10.0. The summed E-state index contributed by atoms with van der Waals surface area (Å²) >= 11 is 0. The number of hydrogen-bond donors (Lipinski definition) is 1. The molecule has 1 unspecified atom stereocenters. The number of benzene rings is 1. The van der Waals surface area contributed by atoms with Crippen molar-refractivity contribution in [3.8, 4) is 0 Å². The fourth-order valence-corrected chi connectivity index (χ4v) is 1.81. The van der Waals surface area contributed by atoms with E-state index in [-0.39, 0.29) is 6.04 Å². The van der Waals surface area contributed by atoms with Gasteiger partial charge in [0.2, 0.25) is 0 Å². The van der Waals surface area contributed by atoms with Crippen LogP contribution in [0, 0.1) is 13.8 Å². The molecule has 0 saturated carbocycles. The maximum absolute atomic E-state index is 5.85. The largest absolute Gasteiger partial charge is 0.384 e. The molecule has 0 aliphatic rings. The van der Waals surface area contributed by atoms with E-state index in [0.29, 0.717) is 5.82 Å². The summed E-state index contributed by atoms with van der Waals surface area (Å²) in [5.41, 5.74) is 9.69. The molecule has 0 saturated heterocycles. The second kappa shape index (κ2) is 4.00. The van der Waals surface area contributed by atoms with Crippen molar-refractivity contribution in [3.63, 3.8) is 0 Å². The maximum atomic E-state index is 5.85. The number of nitrogens with two attached hydrogens (primary N) is 1. The molecule has 3 heteroatoms. The van der Waals surface area contributed by atoms with Gasteiger partial charge in [0, 0.05) is 0 Å². The van der Waals surface area contributed by atoms with Crippen molar-refractivity contribution in [1.82, 2.24) is 9.78 Å². The lowest BCUT2D eigenvalue weighted by molar-refractivity contribution is 0.572. The Morgan fingerprint density at radius 2 is 1.94 bits per heavy atom. The zero-order chi connectivity index (χ0) is 11.7. The van der Waals surface area contributed by atoms with Crippen LogP contribution in [0.1, 0.15) is 29.7 Å². The number of aromatic nitrogens is 2. The Kier molecular flexibility index (Phi) is 2.69. The van der Waals surface area contributed by atoms with Crippen LogP contribution in [-0.4, -0.2) is 9.78 Å². The molecule has 2 aromatic rings. The van der Waals surface area contributed by atoms with Crippen molar-refractivity contribution in [2.45, 2.75) is 26.8 Å². The van der Waals surface area contributed by atoms with E-state index in [2.05, 4.69) is 44.1 Å². The summed E-state index contributed by atoms with van der Waals surface area (Å²) in [7, 11) is 0. The zero-order valence-corrected chi connectivity index (χ0v) is 9.94. The Balaban J connectivity index is 2.38. The summed E-state index contributed by atoms with van der Waals surface area (Å²) in [4.78, 5) is 0. The van der Waals surface area contributed by atoms with E-state index in [1.807, 2.05) is 10.7 Å². The second-order valence-corrected chi connectivity index (χ2v) is 4.22. The highest BCUT2D eigenvalue weighted by molar-refractivity contribution is 5.34. The Morgan fingerprint density at radius 1 is 1.19 bits per heavy atom. The molecule has 1 aromatic carbocycles. The van der Waals surface area contributed by atoms with Crippen molar-refractivity contribution >= 4 is 5.82 Å². The minimum atomic E-state index is 0.175. The molecule has 0 amide bonds. The molecule has 0 aliphatic heterocycles. The van der Waals surface area contributed by atoms with E-state index in [1.54, 1.807) is 6.20 Å². The van der Waals surface area contributed by atoms with Gasteiger partial charge in [-0.2, -0.15) is 5.10 Å². The van der Waals surface area contributed by atoms with E-state index < -0.39 is 0 Å². The van der Waals surface area contributed by atoms with Gasteiger partial charge in [-0.1, -0.05) is 18.2 Å².